The van der Waals surface area contributed by atoms with Gasteiger partial charge in [0.15, 0.2) is 5.96 Å². The van der Waals surface area contributed by atoms with Gasteiger partial charge < -0.3 is 20.7 Å². The van der Waals surface area contributed by atoms with Crippen LogP contribution in [0.2, 0.25) is 0 Å². The Bertz CT molecular complexity index is 627. The van der Waals surface area contributed by atoms with E-state index in [1.807, 2.05) is 60.6 Å². The van der Waals surface area contributed by atoms with Crippen LogP contribution in [0, 0.1) is 6.92 Å². The zero-order valence-corrected chi connectivity index (χ0v) is 19.8. The van der Waals surface area contributed by atoms with Gasteiger partial charge in [-0.2, -0.15) is 0 Å². The summed E-state index contributed by atoms with van der Waals surface area (Å²) in [6.45, 7) is 15.1. The van der Waals surface area contributed by atoms with Crippen molar-refractivity contribution in [1.29, 1.82) is 0 Å². The van der Waals surface area contributed by atoms with Gasteiger partial charge in [0.2, 0.25) is 0 Å². The van der Waals surface area contributed by atoms with E-state index < -0.39 is 17.2 Å². The lowest BCUT2D eigenvalue weighted by Crippen LogP contribution is -2.54. The summed E-state index contributed by atoms with van der Waals surface area (Å²) >= 11 is 0. The first kappa shape index (κ1) is 25.4. The van der Waals surface area contributed by atoms with Crippen molar-refractivity contribution in [3.8, 4) is 0 Å². The van der Waals surface area contributed by atoms with Crippen LogP contribution < -0.4 is 16.0 Å². The number of nitrogens with one attached hydrogen (secondary N) is 3. The summed E-state index contributed by atoms with van der Waals surface area (Å²) in [5.74, 6) is 0.677. The topological polar surface area (TPSA) is 87.6 Å². The molecule has 1 heterocycles. The number of carbonyl (C=O) groups excluding carboxylic acids is 1. The number of aliphatic imine (C=N–C) groups is 1. The van der Waals surface area contributed by atoms with Gasteiger partial charge in [0.1, 0.15) is 5.60 Å². The molecule has 0 aliphatic rings. The Balaban J connectivity index is 0.00000676. The standard InChI is InChI=1S/C19H33N5O2.HI/c1-8-20-16(22-12-15-14(2)10-9-11-21-15)23-13-19(6,7)24-17(25)26-18(3,4)5;/h9-11H,8,12-13H2,1-7H3,(H,24,25)(H2,20,22,23);1H. The molecule has 1 aromatic heterocycles. The van der Waals surface area contributed by atoms with Crippen molar-refractivity contribution in [2.75, 3.05) is 13.1 Å². The van der Waals surface area contributed by atoms with Gasteiger partial charge in [-0.3, -0.25) is 4.98 Å². The molecular weight excluding hydrogens is 457 g/mol. The highest BCUT2D eigenvalue weighted by Gasteiger charge is 2.24. The number of aromatic nitrogens is 1. The molecule has 154 valence electrons. The molecular formula is C19H34IN5O2. The van der Waals surface area contributed by atoms with Crippen molar-refractivity contribution >= 4 is 36.0 Å². The van der Waals surface area contributed by atoms with Crippen molar-refractivity contribution in [3.05, 3.63) is 29.6 Å². The molecule has 0 saturated carbocycles. The zero-order chi connectivity index (χ0) is 19.8. The molecule has 1 aromatic rings. The number of amides is 1. The number of rotatable bonds is 6. The Hall–Kier alpha value is -1.58. The van der Waals surface area contributed by atoms with Crippen LogP contribution in [-0.2, 0) is 11.3 Å². The van der Waals surface area contributed by atoms with Crippen molar-refractivity contribution in [3.63, 3.8) is 0 Å². The molecule has 0 bridgehead atoms. The number of guanidine groups is 1. The minimum atomic E-state index is -0.523. The van der Waals surface area contributed by atoms with Crippen LogP contribution >= 0.6 is 24.0 Å². The summed E-state index contributed by atoms with van der Waals surface area (Å²) in [5.41, 5.74) is 1.03. The van der Waals surface area contributed by atoms with Gasteiger partial charge >= 0.3 is 6.09 Å². The first-order valence-corrected chi connectivity index (χ1v) is 8.96. The predicted octanol–water partition coefficient (Wildman–Crippen LogP) is 3.37. The highest BCUT2D eigenvalue weighted by molar-refractivity contribution is 14.0. The van der Waals surface area contributed by atoms with Crippen LogP contribution in [0.15, 0.2) is 23.3 Å². The number of carbonyl (C=O) groups is 1. The fourth-order valence-electron chi connectivity index (χ4n) is 2.11. The molecule has 8 heteroatoms. The van der Waals surface area contributed by atoms with Crippen LogP contribution in [0.5, 0.6) is 0 Å². The van der Waals surface area contributed by atoms with Gasteiger partial charge in [0, 0.05) is 19.3 Å². The van der Waals surface area contributed by atoms with Gasteiger partial charge in [-0.05, 0) is 60.1 Å². The Kier molecular flexibility index (Phi) is 10.6. The maximum absolute atomic E-state index is 12.0. The third-order valence-corrected chi connectivity index (χ3v) is 3.39. The van der Waals surface area contributed by atoms with Gasteiger partial charge in [-0.25, -0.2) is 9.79 Å². The number of halogens is 1. The van der Waals surface area contributed by atoms with Gasteiger partial charge in [-0.1, -0.05) is 6.07 Å². The second-order valence-electron chi connectivity index (χ2n) is 7.83. The first-order valence-electron chi connectivity index (χ1n) is 8.96. The number of nitrogens with zero attached hydrogens (tertiary/aromatic N) is 2. The van der Waals surface area contributed by atoms with Crippen molar-refractivity contribution in [2.24, 2.45) is 4.99 Å². The molecule has 27 heavy (non-hydrogen) atoms. The van der Waals surface area contributed by atoms with E-state index in [4.69, 9.17) is 4.74 Å². The summed E-state index contributed by atoms with van der Waals surface area (Å²) in [6.07, 6.45) is 1.34. The van der Waals surface area contributed by atoms with Gasteiger partial charge in [0.25, 0.3) is 0 Å². The lowest BCUT2D eigenvalue weighted by Gasteiger charge is -2.29. The number of ether oxygens (including phenoxy) is 1. The average Bonchev–Trinajstić information content (AvgIpc) is 2.49. The molecule has 0 aromatic carbocycles. The van der Waals surface area contributed by atoms with E-state index in [1.54, 1.807) is 6.20 Å². The Morgan fingerprint density at radius 3 is 2.44 bits per heavy atom. The second kappa shape index (κ2) is 11.3. The molecule has 0 aliphatic heterocycles. The fourth-order valence-corrected chi connectivity index (χ4v) is 2.11. The average molecular weight is 491 g/mol. The molecule has 0 radical (unpaired) electrons. The summed E-state index contributed by atoms with van der Waals surface area (Å²) < 4.78 is 5.31. The third kappa shape index (κ3) is 11.0. The first-order chi connectivity index (χ1) is 12.0. The number of pyridine rings is 1. The van der Waals surface area contributed by atoms with Gasteiger partial charge in [-0.15, -0.1) is 24.0 Å². The summed E-state index contributed by atoms with van der Waals surface area (Å²) in [7, 11) is 0. The Morgan fingerprint density at radius 2 is 1.89 bits per heavy atom. The number of aryl methyl sites for hydroxylation is 1. The van der Waals surface area contributed by atoms with E-state index in [-0.39, 0.29) is 24.0 Å². The van der Waals surface area contributed by atoms with E-state index in [0.29, 0.717) is 19.0 Å². The van der Waals surface area contributed by atoms with Crippen LogP contribution in [0.1, 0.15) is 52.8 Å². The molecule has 0 unspecified atom stereocenters. The SMILES string of the molecule is CCNC(=NCc1ncccc1C)NCC(C)(C)NC(=O)OC(C)(C)C.I. The molecule has 1 rings (SSSR count). The summed E-state index contributed by atoms with van der Waals surface area (Å²) in [5, 5.41) is 9.34. The van der Waals surface area contributed by atoms with Crippen LogP contribution in [0.3, 0.4) is 0 Å². The number of hydrogen-bond acceptors (Lipinski definition) is 4. The molecule has 0 fully saturated rings. The highest BCUT2D eigenvalue weighted by Crippen LogP contribution is 2.09. The Morgan fingerprint density at radius 1 is 1.22 bits per heavy atom. The highest BCUT2D eigenvalue weighted by atomic mass is 127. The second-order valence-corrected chi connectivity index (χ2v) is 7.83. The largest absolute Gasteiger partial charge is 0.444 e. The minimum Gasteiger partial charge on any atom is -0.444 e. The number of hydrogen-bond donors (Lipinski definition) is 3. The normalized spacial score (nSPS) is 12.0. The molecule has 0 atom stereocenters. The van der Waals surface area contributed by atoms with Crippen molar-refractivity contribution in [2.45, 2.75) is 66.2 Å². The predicted molar refractivity (Wildman–Crippen MR) is 121 cm³/mol. The van der Waals surface area contributed by atoms with E-state index >= 15 is 0 Å². The summed E-state index contributed by atoms with van der Waals surface area (Å²) in [6, 6.07) is 3.93. The van der Waals surface area contributed by atoms with E-state index in [9.17, 15) is 4.79 Å². The number of alkyl carbamates (subject to hydrolysis) is 1. The van der Waals surface area contributed by atoms with Crippen LogP contribution in [0.4, 0.5) is 4.79 Å². The molecule has 7 nitrogen and oxygen atoms in total. The van der Waals surface area contributed by atoms with Crippen molar-refractivity contribution in [1.82, 2.24) is 20.9 Å². The van der Waals surface area contributed by atoms with E-state index in [1.165, 1.54) is 0 Å². The van der Waals surface area contributed by atoms with Gasteiger partial charge in [0.05, 0.1) is 17.8 Å². The minimum absolute atomic E-state index is 0. The molecule has 0 spiro atoms. The smallest absolute Gasteiger partial charge is 0.408 e. The van der Waals surface area contributed by atoms with Crippen LogP contribution in [-0.4, -0.2) is 41.3 Å². The molecule has 3 N–H and O–H groups in total. The van der Waals surface area contributed by atoms with E-state index in [2.05, 4.69) is 25.9 Å². The van der Waals surface area contributed by atoms with E-state index in [0.717, 1.165) is 17.8 Å². The quantitative estimate of drug-likeness (QED) is 0.323. The molecule has 0 aliphatic carbocycles. The lowest BCUT2D eigenvalue weighted by molar-refractivity contribution is 0.0474. The molecule has 1 amide bonds. The maximum atomic E-state index is 12.0. The Labute approximate surface area is 180 Å². The zero-order valence-electron chi connectivity index (χ0n) is 17.5. The summed E-state index contributed by atoms with van der Waals surface area (Å²) in [4.78, 5) is 20.9. The maximum Gasteiger partial charge on any atom is 0.408 e. The van der Waals surface area contributed by atoms with Crippen molar-refractivity contribution < 1.29 is 9.53 Å². The third-order valence-electron chi connectivity index (χ3n) is 3.39. The monoisotopic (exact) mass is 491 g/mol. The lowest BCUT2D eigenvalue weighted by atomic mass is 10.1. The fraction of sp³-hybridized carbons (Fsp3) is 0.632. The molecule has 0 saturated heterocycles. The van der Waals surface area contributed by atoms with Crippen LogP contribution in [0.25, 0.3) is 0 Å².